The van der Waals surface area contributed by atoms with Gasteiger partial charge in [-0.1, -0.05) is 24.3 Å². The molecule has 1 atom stereocenters. The van der Waals surface area contributed by atoms with Crippen molar-refractivity contribution in [1.29, 1.82) is 0 Å². The number of nitrogen functional groups attached to an aromatic ring is 1. The minimum atomic E-state index is -0.142. The lowest BCUT2D eigenvalue weighted by atomic mass is 9.97. The molecular formula is C26H28N6O2. The predicted octanol–water partition coefficient (Wildman–Crippen LogP) is 3.38. The summed E-state index contributed by atoms with van der Waals surface area (Å²) >= 11 is 0. The Morgan fingerprint density at radius 3 is 2.88 bits per heavy atom. The summed E-state index contributed by atoms with van der Waals surface area (Å²) in [7, 11) is 1.63. The Balaban J connectivity index is 1.39. The molecule has 8 nitrogen and oxygen atoms in total. The largest absolute Gasteiger partial charge is 0.497 e. The fourth-order valence-corrected chi connectivity index (χ4v) is 4.38. The maximum Gasteiger partial charge on any atom is 0.251 e. The van der Waals surface area contributed by atoms with E-state index in [0.717, 1.165) is 54.2 Å². The molecule has 1 aliphatic rings. The number of amides is 1. The van der Waals surface area contributed by atoms with Crippen molar-refractivity contribution in [2.75, 3.05) is 25.9 Å². The number of benzene rings is 2. The van der Waals surface area contributed by atoms with Gasteiger partial charge in [0.2, 0.25) is 0 Å². The molecule has 3 heterocycles. The van der Waals surface area contributed by atoms with Crippen molar-refractivity contribution in [2.45, 2.75) is 25.3 Å². The van der Waals surface area contributed by atoms with Gasteiger partial charge in [0, 0.05) is 36.3 Å². The molecule has 0 spiro atoms. The van der Waals surface area contributed by atoms with Crippen molar-refractivity contribution in [3.05, 3.63) is 77.7 Å². The second-order valence-electron chi connectivity index (χ2n) is 8.54. The number of rotatable bonds is 6. The second-order valence-corrected chi connectivity index (χ2v) is 8.54. The maximum absolute atomic E-state index is 12.9. The van der Waals surface area contributed by atoms with Crippen LogP contribution in [0.4, 0.5) is 5.82 Å². The van der Waals surface area contributed by atoms with Crippen LogP contribution in [0.5, 0.6) is 5.75 Å². The highest BCUT2D eigenvalue weighted by Gasteiger charge is 2.20. The van der Waals surface area contributed by atoms with Crippen LogP contribution < -0.4 is 21.1 Å². The number of nitrogens with one attached hydrogen (secondary N) is 2. The molecule has 2 aromatic carbocycles. The summed E-state index contributed by atoms with van der Waals surface area (Å²) in [5.74, 6) is 1.40. The van der Waals surface area contributed by atoms with Crippen molar-refractivity contribution >= 4 is 17.4 Å². The van der Waals surface area contributed by atoms with Gasteiger partial charge >= 0.3 is 0 Å². The third-order valence-electron chi connectivity index (χ3n) is 6.29. The molecule has 4 aromatic rings. The molecule has 1 unspecified atom stereocenters. The number of ether oxygens (including phenoxy) is 1. The minimum Gasteiger partial charge on any atom is -0.497 e. The normalized spacial score (nSPS) is 15.9. The molecule has 0 aliphatic carbocycles. The highest BCUT2D eigenvalue weighted by atomic mass is 16.5. The summed E-state index contributed by atoms with van der Waals surface area (Å²) < 4.78 is 7.17. The SMILES string of the molecule is COc1ccc(CNC(=O)c2cccc(-c3cnc(N)c4nc(C5CCCNC5)cn34)c2)cc1. The predicted molar refractivity (Wildman–Crippen MR) is 132 cm³/mol. The molecule has 2 aromatic heterocycles. The van der Waals surface area contributed by atoms with Crippen LogP contribution in [0.25, 0.3) is 16.9 Å². The van der Waals surface area contributed by atoms with Crippen LogP contribution >= 0.6 is 0 Å². The van der Waals surface area contributed by atoms with E-state index in [4.69, 9.17) is 15.5 Å². The smallest absolute Gasteiger partial charge is 0.251 e. The highest BCUT2D eigenvalue weighted by molar-refractivity contribution is 5.95. The minimum absolute atomic E-state index is 0.142. The van der Waals surface area contributed by atoms with Crippen molar-refractivity contribution in [2.24, 2.45) is 0 Å². The van der Waals surface area contributed by atoms with E-state index in [1.54, 1.807) is 13.3 Å². The fourth-order valence-electron chi connectivity index (χ4n) is 4.38. The average Bonchev–Trinajstić information content (AvgIpc) is 3.35. The first-order chi connectivity index (χ1) is 16.6. The first-order valence-electron chi connectivity index (χ1n) is 11.5. The van der Waals surface area contributed by atoms with Crippen molar-refractivity contribution in [1.82, 2.24) is 25.0 Å². The number of carbonyl (C=O) groups is 1. The van der Waals surface area contributed by atoms with Crippen LogP contribution in [0.2, 0.25) is 0 Å². The van der Waals surface area contributed by atoms with Crippen LogP contribution in [0.1, 0.15) is 40.4 Å². The highest BCUT2D eigenvalue weighted by Crippen LogP contribution is 2.28. The van der Waals surface area contributed by atoms with Crippen molar-refractivity contribution < 1.29 is 9.53 Å². The number of hydrogen-bond acceptors (Lipinski definition) is 6. The van der Waals surface area contributed by atoms with E-state index in [9.17, 15) is 4.79 Å². The molecule has 0 bridgehead atoms. The van der Waals surface area contributed by atoms with Gasteiger partial charge in [0.05, 0.1) is 24.7 Å². The Labute approximate surface area is 198 Å². The first-order valence-corrected chi connectivity index (χ1v) is 11.5. The third-order valence-corrected chi connectivity index (χ3v) is 6.29. The van der Waals surface area contributed by atoms with E-state index < -0.39 is 0 Å². The van der Waals surface area contributed by atoms with Gasteiger partial charge in [0.1, 0.15) is 5.75 Å². The van der Waals surface area contributed by atoms with Gasteiger partial charge in [-0.05, 0) is 49.2 Å². The molecule has 1 amide bonds. The average molecular weight is 457 g/mol. The number of anilines is 1. The van der Waals surface area contributed by atoms with Gasteiger partial charge < -0.3 is 21.1 Å². The zero-order valence-corrected chi connectivity index (χ0v) is 19.1. The van der Waals surface area contributed by atoms with E-state index in [2.05, 4.69) is 21.8 Å². The van der Waals surface area contributed by atoms with Crippen LogP contribution in [-0.4, -0.2) is 40.5 Å². The number of fused-ring (bicyclic) bond motifs is 1. The molecule has 5 rings (SSSR count). The molecule has 0 radical (unpaired) electrons. The molecule has 1 saturated heterocycles. The topological polar surface area (TPSA) is 107 Å². The van der Waals surface area contributed by atoms with E-state index in [0.29, 0.717) is 29.5 Å². The fraction of sp³-hybridized carbons (Fsp3) is 0.269. The quantitative estimate of drug-likeness (QED) is 0.411. The zero-order chi connectivity index (χ0) is 23.5. The van der Waals surface area contributed by atoms with Crippen LogP contribution in [0.15, 0.2) is 60.9 Å². The summed E-state index contributed by atoms with van der Waals surface area (Å²) in [4.78, 5) is 22.0. The Kier molecular flexibility index (Phi) is 6.14. The molecular weight excluding hydrogens is 428 g/mol. The molecule has 34 heavy (non-hydrogen) atoms. The lowest BCUT2D eigenvalue weighted by Gasteiger charge is -2.20. The Hall–Kier alpha value is -3.91. The zero-order valence-electron chi connectivity index (χ0n) is 19.1. The number of nitrogens with zero attached hydrogens (tertiary/aromatic N) is 3. The van der Waals surface area contributed by atoms with Crippen LogP contribution in [0, 0.1) is 0 Å². The molecule has 1 aliphatic heterocycles. The summed E-state index contributed by atoms with van der Waals surface area (Å²) in [6.07, 6.45) is 6.02. The van der Waals surface area contributed by atoms with E-state index in [-0.39, 0.29) is 5.91 Å². The molecule has 8 heteroatoms. The summed E-state index contributed by atoms with van der Waals surface area (Å²) in [6, 6.07) is 15.2. The summed E-state index contributed by atoms with van der Waals surface area (Å²) in [5, 5.41) is 6.42. The second kappa shape index (κ2) is 9.52. The maximum atomic E-state index is 12.9. The standard InChI is InChI=1S/C26H28N6O2/c1-34-21-9-7-17(8-10-21)13-30-26(33)19-5-2-4-18(12-19)23-15-29-24(27)25-31-22(16-32(23)25)20-6-3-11-28-14-20/h2,4-5,7-10,12,15-16,20,28H,3,6,11,13-14H2,1H3,(H2,27,29)(H,30,33). The Morgan fingerprint density at radius 2 is 2.12 bits per heavy atom. The van der Waals surface area contributed by atoms with Gasteiger partial charge in [-0.15, -0.1) is 0 Å². The Bertz CT molecular complexity index is 1310. The van der Waals surface area contributed by atoms with Crippen LogP contribution in [0.3, 0.4) is 0 Å². The summed E-state index contributed by atoms with van der Waals surface area (Å²) in [5.41, 5.74) is 11.1. The van der Waals surface area contributed by atoms with Gasteiger partial charge in [0.15, 0.2) is 11.5 Å². The molecule has 1 fully saturated rings. The third kappa shape index (κ3) is 4.45. The summed E-state index contributed by atoms with van der Waals surface area (Å²) in [6.45, 7) is 2.39. The van der Waals surface area contributed by atoms with Crippen molar-refractivity contribution in [3.8, 4) is 17.0 Å². The molecule has 4 N–H and O–H groups in total. The monoisotopic (exact) mass is 456 g/mol. The van der Waals surface area contributed by atoms with E-state index in [1.165, 1.54) is 0 Å². The number of imidazole rings is 1. The first kappa shape index (κ1) is 21.9. The van der Waals surface area contributed by atoms with E-state index in [1.807, 2.05) is 52.9 Å². The lowest BCUT2D eigenvalue weighted by molar-refractivity contribution is 0.0951. The van der Waals surface area contributed by atoms with Gasteiger partial charge in [-0.3, -0.25) is 9.20 Å². The number of carbonyl (C=O) groups excluding carboxylic acids is 1. The number of methoxy groups -OCH3 is 1. The van der Waals surface area contributed by atoms with E-state index >= 15 is 0 Å². The molecule has 0 saturated carbocycles. The Morgan fingerprint density at radius 1 is 1.26 bits per heavy atom. The van der Waals surface area contributed by atoms with Gasteiger partial charge in [0.25, 0.3) is 5.91 Å². The van der Waals surface area contributed by atoms with Crippen LogP contribution in [-0.2, 0) is 6.54 Å². The number of hydrogen-bond donors (Lipinski definition) is 3. The number of aromatic nitrogens is 3. The van der Waals surface area contributed by atoms with Gasteiger partial charge in [-0.2, -0.15) is 0 Å². The lowest BCUT2D eigenvalue weighted by Crippen LogP contribution is -2.28. The van der Waals surface area contributed by atoms with Crippen molar-refractivity contribution in [3.63, 3.8) is 0 Å². The van der Waals surface area contributed by atoms with Gasteiger partial charge in [-0.25, -0.2) is 9.97 Å². The number of nitrogens with two attached hydrogens (primary N) is 1. The number of piperidine rings is 1. The molecule has 174 valence electrons.